The van der Waals surface area contributed by atoms with E-state index in [1.807, 2.05) is 13.8 Å². The number of amides is 2. The molecule has 2 N–H and O–H groups in total. The molecule has 5 nitrogen and oxygen atoms in total. The van der Waals surface area contributed by atoms with Gasteiger partial charge in [-0.1, -0.05) is 6.07 Å². The van der Waals surface area contributed by atoms with Crippen LogP contribution in [0, 0.1) is 11.6 Å². The Morgan fingerprint density at radius 3 is 2.81 bits per heavy atom. The number of anilines is 1. The number of likely N-dealkylation sites (tertiary alicyclic amines) is 1. The molecule has 0 unspecified atom stereocenters. The lowest BCUT2D eigenvalue weighted by molar-refractivity contribution is -0.0393. The van der Waals surface area contributed by atoms with Crippen molar-refractivity contribution in [2.24, 2.45) is 0 Å². The van der Waals surface area contributed by atoms with Gasteiger partial charge in [0.25, 0.3) is 0 Å². The number of aliphatic hydroxyl groups excluding tert-OH is 1. The quantitative estimate of drug-likeness (QED) is 0.897. The molecule has 21 heavy (non-hydrogen) atoms. The van der Waals surface area contributed by atoms with Crippen molar-refractivity contribution in [3.8, 4) is 0 Å². The first-order valence-corrected chi connectivity index (χ1v) is 6.72. The van der Waals surface area contributed by atoms with Gasteiger partial charge in [-0.15, -0.1) is 0 Å². The summed E-state index contributed by atoms with van der Waals surface area (Å²) in [4.78, 5) is 13.3. The van der Waals surface area contributed by atoms with Crippen LogP contribution in [0.3, 0.4) is 0 Å². The van der Waals surface area contributed by atoms with E-state index in [1.54, 1.807) is 0 Å². The minimum atomic E-state index is -1.11. The second kappa shape index (κ2) is 6.36. The van der Waals surface area contributed by atoms with Crippen LogP contribution in [-0.2, 0) is 4.74 Å². The second-order valence-electron chi connectivity index (χ2n) is 5.23. The first-order valence-electron chi connectivity index (χ1n) is 6.72. The minimum Gasteiger partial charge on any atom is -0.388 e. The van der Waals surface area contributed by atoms with Crippen LogP contribution in [0.15, 0.2) is 18.2 Å². The number of halogens is 2. The zero-order chi connectivity index (χ0) is 15.6. The summed E-state index contributed by atoms with van der Waals surface area (Å²) in [5.41, 5.74) is -0.234. The second-order valence-corrected chi connectivity index (χ2v) is 5.23. The molecule has 1 heterocycles. The molecular weight excluding hydrogens is 282 g/mol. The molecule has 2 rings (SSSR count). The van der Waals surface area contributed by atoms with Gasteiger partial charge in [-0.25, -0.2) is 13.6 Å². The van der Waals surface area contributed by atoms with E-state index in [1.165, 1.54) is 17.0 Å². The predicted octanol–water partition coefficient (Wildman–Crippen LogP) is 1.97. The zero-order valence-electron chi connectivity index (χ0n) is 11.8. The fraction of sp³-hybridized carbons (Fsp3) is 0.500. The Bertz CT molecular complexity index is 525. The van der Waals surface area contributed by atoms with E-state index in [2.05, 4.69) is 5.32 Å². The average Bonchev–Trinajstić information content (AvgIpc) is 2.76. The highest BCUT2D eigenvalue weighted by Gasteiger charge is 2.35. The summed E-state index contributed by atoms with van der Waals surface area (Å²) in [5.74, 6) is -2.14. The maximum Gasteiger partial charge on any atom is 0.322 e. The first kappa shape index (κ1) is 15.7. The van der Waals surface area contributed by atoms with Gasteiger partial charge in [-0.2, -0.15) is 0 Å². The Kier molecular flexibility index (Phi) is 4.74. The van der Waals surface area contributed by atoms with Crippen molar-refractivity contribution < 1.29 is 23.4 Å². The van der Waals surface area contributed by atoms with Crippen LogP contribution in [0.2, 0.25) is 0 Å². The van der Waals surface area contributed by atoms with Crippen LogP contribution >= 0.6 is 0 Å². The number of carbonyl (C=O) groups is 1. The number of aliphatic hydroxyl groups is 1. The lowest BCUT2D eigenvalue weighted by atomic mass is 10.2. The number of hydrogen-bond donors (Lipinski definition) is 2. The molecule has 0 saturated carbocycles. The van der Waals surface area contributed by atoms with Crippen LogP contribution < -0.4 is 5.32 Å². The molecule has 2 amide bonds. The molecule has 1 fully saturated rings. The third-order valence-electron chi connectivity index (χ3n) is 3.16. The van der Waals surface area contributed by atoms with E-state index in [4.69, 9.17) is 4.74 Å². The van der Waals surface area contributed by atoms with Crippen molar-refractivity contribution in [1.82, 2.24) is 4.90 Å². The van der Waals surface area contributed by atoms with E-state index in [0.717, 1.165) is 6.07 Å². The average molecular weight is 300 g/mol. The van der Waals surface area contributed by atoms with Crippen molar-refractivity contribution >= 4 is 11.7 Å². The highest BCUT2D eigenvalue weighted by Crippen LogP contribution is 2.20. The summed E-state index contributed by atoms with van der Waals surface area (Å²) in [6, 6.07) is 2.94. The Morgan fingerprint density at radius 2 is 2.14 bits per heavy atom. The fourth-order valence-electron chi connectivity index (χ4n) is 2.20. The molecule has 1 aromatic rings. The van der Waals surface area contributed by atoms with Crippen molar-refractivity contribution in [3.05, 3.63) is 29.8 Å². The summed E-state index contributed by atoms with van der Waals surface area (Å²) in [5, 5.41) is 12.1. The van der Waals surface area contributed by atoms with Gasteiger partial charge in [0.15, 0.2) is 11.6 Å². The monoisotopic (exact) mass is 300 g/mol. The lowest BCUT2D eigenvalue weighted by Crippen LogP contribution is -2.34. The molecule has 0 radical (unpaired) electrons. The van der Waals surface area contributed by atoms with Crippen molar-refractivity contribution in [2.45, 2.75) is 32.2 Å². The molecule has 0 bridgehead atoms. The number of nitrogens with one attached hydrogen (secondary N) is 1. The topological polar surface area (TPSA) is 61.8 Å². The minimum absolute atomic E-state index is 0.0756. The zero-order valence-corrected chi connectivity index (χ0v) is 11.8. The van der Waals surface area contributed by atoms with E-state index >= 15 is 0 Å². The van der Waals surface area contributed by atoms with Crippen LogP contribution in [0.25, 0.3) is 0 Å². The Balaban J connectivity index is 2.00. The molecular formula is C14H18F2N2O3. The lowest BCUT2D eigenvalue weighted by Gasteiger charge is -2.18. The number of carbonyl (C=O) groups excluding carboxylic acids is 1. The van der Waals surface area contributed by atoms with Crippen LogP contribution in [0.1, 0.15) is 13.8 Å². The normalized spacial score (nSPS) is 21.9. The number of ether oxygens (including phenoxy) is 1. The predicted molar refractivity (Wildman–Crippen MR) is 73.0 cm³/mol. The number of benzene rings is 1. The molecule has 0 spiro atoms. The molecule has 0 aromatic heterocycles. The smallest absolute Gasteiger partial charge is 0.322 e. The van der Waals surface area contributed by atoms with Gasteiger partial charge >= 0.3 is 6.03 Å². The number of hydrogen-bond acceptors (Lipinski definition) is 3. The van der Waals surface area contributed by atoms with E-state index in [-0.39, 0.29) is 24.9 Å². The first-order chi connectivity index (χ1) is 9.88. The Hall–Kier alpha value is -1.73. The third kappa shape index (κ3) is 3.68. The van der Waals surface area contributed by atoms with Gasteiger partial charge in [0.1, 0.15) is 6.10 Å². The largest absolute Gasteiger partial charge is 0.388 e. The number of nitrogens with zero attached hydrogens (tertiary/aromatic N) is 1. The maximum absolute atomic E-state index is 13.5. The number of rotatable bonds is 3. The van der Waals surface area contributed by atoms with Gasteiger partial charge in [0.05, 0.1) is 31.0 Å². The van der Waals surface area contributed by atoms with Crippen molar-refractivity contribution in [2.75, 3.05) is 18.4 Å². The summed E-state index contributed by atoms with van der Waals surface area (Å²) in [6.07, 6.45) is -1.35. The summed E-state index contributed by atoms with van der Waals surface area (Å²) >= 11 is 0. The summed E-state index contributed by atoms with van der Waals surface area (Å²) in [6.45, 7) is 3.94. The maximum atomic E-state index is 13.5. The number of urea groups is 1. The van der Waals surface area contributed by atoms with Crippen LogP contribution in [0.5, 0.6) is 0 Å². The van der Waals surface area contributed by atoms with Crippen molar-refractivity contribution in [1.29, 1.82) is 0 Å². The molecule has 116 valence electrons. The number of β-amino-alcohol motifs (C(OH)–C–C–N with tert-alkyl or cyclic N) is 1. The summed E-state index contributed by atoms with van der Waals surface area (Å²) in [7, 11) is 0. The van der Waals surface area contributed by atoms with E-state index in [0.29, 0.717) is 0 Å². The molecule has 1 aromatic carbocycles. The van der Waals surface area contributed by atoms with Crippen molar-refractivity contribution in [3.63, 3.8) is 0 Å². The van der Waals surface area contributed by atoms with E-state index in [9.17, 15) is 18.7 Å². The molecule has 1 saturated heterocycles. The molecule has 1 aliphatic rings. The molecule has 7 heteroatoms. The fourth-order valence-corrected chi connectivity index (χ4v) is 2.20. The Labute approximate surface area is 121 Å². The van der Waals surface area contributed by atoms with E-state index < -0.39 is 29.9 Å². The van der Waals surface area contributed by atoms with Gasteiger partial charge in [-0.05, 0) is 26.0 Å². The third-order valence-corrected chi connectivity index (χ3v) is 3.16. The molecule has 0 aliphatic carbocycles. The van der Waals surface area contributed by atoms with Crippen LogP contribution in [0.4, 0.5) is 19.3 Å². The standard InChI is InChI=1S/C14H18F2N2O3/c1-8(2)21-12-7-18(6-11(12)19)14(20)17-10-5-3-4-9(15)13(10)16/h3-5,8,11-12,19H,6-7H2,1-2H3,(H,17,20)/t11-,12-/m1/s1. The van der Waals surface area contributed by atoms with Gasteiger partial charge in [0, 0.05) is 0 Å². The highest BCUT2D eigenvalue weighted by atomic mass is 19.2. The van der Waals surface area contributed by atoms with Gasteiger partial charge in [0.2, 0.25) is 0 Å². The molecule has 2 atom stereocenters. The molecule has 1 aliphatic heterocycles. The Morgan fingerprint density at radius 1 is 1.43 bits per heavy atom. The SMILES string of the molecule is CC(C)O[C@@H]1CN(C(=O)Nc2cccc(F)c2F)C[C@H]1O. The summed E-state index contributed by atoms with van der Waals surface area (Å²) < 4.78 is 32.1. The van der Waals surface area contributed by atoms with Crippen LogP contribution in [-0.4, -0.2) is 47.4 Å². The van der Waals surface area contributed by atoms with Gasteiger partial charge < -0.3 is 20.1 Å². The van der Waals surface area contributed by atoms with Gasteiger partial charge in [-0.3, -0.25) is 0 Å². The highest BCUT2D eigenvalue weighted by molar-refractivity contribution is 5.89.